The average Bonchev–Trinajstić information content (AvgIpc) is 2.47. The molecule has 1 aromatic heterocycles. The SMILES string of the molecule is CCCOc1nc(Cl)nc(Oc2ccc(OCC)cc2)n1. The van der Waals surface area contributed by atoms with E-state index in [1.807, 2.05) is 13.8 Å². The zero-order valence-electron chi connectivity index (χ0n) is 11.9. The highest BCUT2D eigenvalue weighted by Crippen LogP contribution is 2.23. The fourth-order valence-electron chi connectivity index (χ4n) is 1.49. The van der Waals surface area contributed by atoms with Gasteiger partial charge in [-0.15, -0.1) is 4.98 Å². The van der Waals surface area contributed by atoms with Gasteiger partial charge in [-0.1, -0.05) is 6.92 Å². The van der Waals surface area contributed by atoms with Gasteiger partial charge in [0.25, 0.3) is 0 Å². The third-order valence-electron chi connectivity index (χ3n) is 2.35. The van der Waals surface area contributed by atoms with Crippen LogP contribution in [0.15, 0.2) is 24.3 Å². The highest BCUT2D eigenvalue weighted by Gasteiger charge is 2.08. The van der Waals surface area contributed by atoms with E-state index < -0.39 is 0 Å². The van der Waals surface area contributed by atoms with E-state index in [0.29, 0.717) is 19.0 Å². The first-order valence-electron chi connectivity index (χ1n) is 6.66. The van der Waals surface area contributed by atoms with Crippen LogP contribution in [0.25, 0.3) is 0 Å². The smallest absolute Gasteiger partial charge is 0.329 e. The Hall–Kier alpha value is -2.08. The summed E-state index contributed by atoms with van der Waals surface area (Å²) < 4.78 is 16.2. The molecular weight excluding hydrogens is 294 g/mol. The van der Waals surface area contributed by atoms with Crippen molar-refractivity contribution in [2.45, 2.75) is 20.3 Å². The molecule has 21 heavy (non-hydrogen) atoms. The van der Waals surface area contributed by atoms with E-state index in [0.717, 1.165) is 12.2 Å². The van der Waals surface area contributed by atoms with Gasteiger partial charge in [0.15, 0.2) is 0 Å². The summed E-state index contributed by atoms with van der Waals surface area (Å²) in [6.07, 6.45) is 0.846. The molecule has 0 fully saturated rings. The van der Waals surface area contributed by atoms with Crippen molar-refractivity contribution < 1.29 is 14.2 Å². The topological polar surface area (TPSA) is 66.4 Å². The molecule has 2 aromatic rings. The number of hydrogen-bond donors (Lipinski definition) is 0. The summed E-state index contributed by atoms with van der Waals surface area (Å²) in [7, 11) is 0. The summed E-state index contributed by atoms with van der Waals surface area (Å²) in [5.74, 6) is 1.34. The van der Waals surface area contributed by atoms with Gasteiger partial charge >= 0.3 is 12.0 Å². The number of benzene rings is 1. The Morgan fingerprint density at radius 1 is 0.905 bits per heavy atom. The van der Waals surface area contributed by atoms with Gasteiger partial charge in [0, 0.05) is 0 Å². The van der Waals surface area contributed by atoms with Crippen LogP contribution in [0.2, 0.25) is 5.28 Å². The lowest BCUT2D eigenvalue weighted by Gasteiger charge is -2.07. The van der Waals surface area contributed by atoms with Gasteiger partial charge in [-0.2, -0.15) is 9.97 Å². The molecule has 7 heteroatoms. The van der Waals surface area contributed by atoms with Crippen molar-refractivity contribution in [3.05, 3.63) is 29.5 Å². The van der Waals surface area contributed by atoms with Crippen LogP contribution in [0.5, 0.6) is 23.5 Å². The zero-order valence-corrected chi connectivity index (χ0v) is 12.6. The number of aromatic nitrogens is 3. The second-order valence-corrected chi connectivity index (χ2v) is 4.36. The van der Waals surface area contributed by atoms with Gasteiger partial charge < -0.3 is 14.2 Å². The molecule has 0 bridgehead atoms. The van der Waals surface area contributed by atoms with Gasteiger partial charge in [0.05, 0.1) is 13.2 Å². The fourth-order valence-corrected chi connectivity index (χ4v) is 1.64. The number of ether oxygens (including phenoxy) is 3. The molecule has 6 nitrogen and oxygen atoms in total. The van der Waals surface area contributed by atoms with Crippen molar-refractivity contribution in [1.29, 1.82) is 0 Å². The highest BCUT2D eigenvalue weighted by atomic mass is 35.5. The van der Waals surface area contributed by atoms with Crippen molar-refractivity contribution in [1.82, 2.24) is 15.0 Å². The molecule has 1 heterocycles. The highest BCUT2D eigenvalue weighted by molar-refractivity contribution is 6.28. The van der Waals surface area contributed by atoms with Crippen LogP contribution in [-0.2, 0) is 0 Å². The monoisotopic (exact) mass is 309 g/mol. The average molecular weight is 310 g/mol. The van der Waals surface area contributed by atoms with Crippen LogP contribution < -0.4 is 14.2 Å². The lowest BCUT2D eigenvalue weighted by Crippen LogP contribution is -2.03. The van der Waals surface area contributed by atoms with Crippen LogP contribution >= 0.6 is 11.6 Å². The van der Waals surface area contributed by atoms with Gasteiger partial charge in [-0.05, 0) is 49.2 Å². The quantitative estimate of drug-likeness (QED) is 0.779. The van der Waals surface area contributed by atoms with Crippen molar-refractivity contribution in [2.24, 2.45) is 0 Å². The predicted molar refractivity (Wildman–Crippen MR) is 78.3 cm³/mol. The molecule has 0 unspecified atom stereocenters. The van der Waals surface area contributed by atoms with E-state index in [1.54, 1.807) is 24.3 Å². The minimum absolute atomic E-state index is 0.0250. The van der Waals surface area contributed by atoms with E-state index in [4.69, 9.17) is 25.8 Å². The summed E-state index contributed by atoms with van der Waals surface area (Å²) in [5, 5.41) is 0.0250. The van der Waals surface area contributed by atoms with Crippen LogP contribution in [0.1, 0.15) is 20.3 Å². The molecular formula is C14H16ClN3O3. The summed E-state index contributed by atoms with van der Waals surface area (Å²) in [6, 6.07) is 7.36. The Balaban J connectivity index is 2.09. The van der Waals surface area contributed by atoms with Crippen molar-refractivity contribution in [2.75, 3.05) is 13.2 Å². The summed E-state index contributed by atoms with van der Waals surface area (Å²) in [6.45, 7) is 5.03. The van der Waals surface area contributed by atoms with Crippen molar-refractivity contribution in [3.63, 3.8) is 0 Å². The van der Waals surface area contributed by atoms with E-state index in [-0.39, 0.29) is 17.3 Å². The van der Waals surface area contributed by atoms with Crippen molar-refractivity contribution >= 4 is 11.6 Å². The number of nitrogens with zero attached hydrogens (tertiary/aromatic N) is 3. The maximum Gasteiger partial charge on any atom is 0.329 e. The predicted octanol–water partition coefficient (Wildman–Crippen LogP) is 3.50. The van der Waals surface area contributed by atoms with Crippen molar-refractivity contribution in [3.8, 4) is 23.5 Å². The maximum atomic E-state index is 5.82. The largest absolute Gasteiger partial charge is 0.494 e. The molecule has 0 spiro atoms. The first-order chi connectivity index (χ1) is 10.2. The molecule has 0 saturated carbocycles. The second-order valence-electron chi connectivity index (χ2n) is 4.02. The van der Waals surface area contributed by atoms with Crippen LogP contribution in [0, 0.1) is 0 Å². The maximum absolute atomic E-state index is 5.82. The van der Waals surface area contributed by atoms with E-state index in [1.165, 1.54) is 0 Å². The molecule has 0 amide bonds. The third-order valence-corrected chi connectivity index (χ3v) is 2.52. The normalized spacial score (nSPS) is 10.2. The summed E-state index contributed by atoms with van der Waals surface area (Å²) >= 11 is 5.82. The van der Waals surface area contributed by atoms with E-state index >= 15 is 0 Å². The zero-order chi connectivity index (χ0) is 15.1. The Morgan fingerprint density at radius 2 is 1.57 bits per heavy atom. The van der Waals surface area contributed by atoms with Crippen LogP contribution in [0.4, 0.5) is 0 Å². The lowest BCUT2D eigenvalue weighted by atomic mass is 10.3. The lowest BCUT2D eigenvalue weighted by molar-refractivity contribution is 0.284. The molecule has 112 valence electrons. The van der Waals surface area contributed by atoms with Gasteiger partial charge in [-0.3, -0.25) is 0 Å². The first-order valence-corrected chi connectivity index (χ1v) is 7.04. The minimum Gasteiger partial charge on any atom is -0.494 e. The van der Waals surface area contributed by atoms with Gasteiger partial charge in [-0.25, -0.2) is 0 Å². The Labute approximate surface area is 128 Å². The molecule has 0 saturated heterocycles. The Bertz CT molecular complexity index is 578. The molecule has 0 aliphatic rings. The number of halogens is 1. The Kier molecular flexibility index (Phi) is 5.57. The molecule has 0 N–H and O–H groups in total. The number of rotatable bonds is 7. The van der Waals surface area contributed by atoms with Gasteiger partial charge in [0.1, 0.15) is 11.5 Å². The molecule has 0 aliphatic carbocycles. The fraction of sp³-hybridized carbons (Fsp3) is 0.357. The third kappa shape index (κ3) is 4.75. The first kappa shape index (κ1) is 15.3. The second kappa shape index (κ2) is 7.64. The standard InChI is InChI=1S/C14H16ClN3O3/c1-3-9-20-13-16-12(15)17-14(18-13)21-11-7-5-10(6-8-11)19-4-2/h5-8H,3-4,9H2,1-2H3. The Morgan fingerprint density at radius 3 is 2.24 bits per heavy atom. The summed E-state index contributed by atoms with van der Waals surface area (Å²) in [4.78, 5) is 11.8. The molecule has 1 aromatic carbocycles. The molecule has 0 aliphatic heterocycles. The van der Waals surface area contributed by atoms with E-state index in [2.05, 4.69) is 15.0 Å². The van der Waals surface area contributed by atoms with E-state index in [9.17, 15) is 0 Å². The molecule has 0 atom stereocenters. The molecule has 2 rings (SSSR count). The minimum atomic E-state index is 0.0250. The number of hydrogen-bond acceptors (Lipinski definition) is 6. The van der Waals surface area contributed by atoms with Gasteiger partial charge in [0.2, 0.25) is 5.28 Å². The van der Waals surface area contributed by atoms with Crippen LogP contribution in [0.3, 0.4) is 0 Å². The molecule has 0 radical (unpaired) electrons. The summed E-state index contributed by atoms with van der Waals surface area (Å²) in [5.41, 5.74) is 0. The van der Waals surface area contributed by atoms with Crippen LogP contribution in [-0.4, -0.2) is 28.2 Å².